The third-order valence-corrected chi connectivity index (χ3v) is 20.6. The number of hydrogen-bond acceptors (Lipinski definition) is 7. The zero-order valence-corrected chi connectivity index (χ0v) is 43.4. The summed E-state index contributed by atoms with van der Waals surface area (Å²) in [5, 5.41) is 1.20. The first-order chi connectivity index (χ1) is 34.1. The molecule has 0 amide bonds. The van der Waals surface area contributed by atoms with Crippen LogP contribution >= 0.6 is 0 Å². The summed E-state index contributed by atoms with van der Waals surface area (Å²) in [4.78, 5) is 4.19. The Kier molecular flexibility index (Phi) is 15.7. The van der Waals surface area contributed by atoms with Crippen LogP contribution in [0.5, 0.6) is 11.5 Å². The van der Waals surface area contributed by atoms with Crippen molar-refractivity contribution in [2.45, 2.75) is 49.5 Å². The standard InChI is InChI=1S/C59H57F3GeN2O5S/c1-6-68-41-42-69-57-35-11-45(12-36-57)39-40-63(4,5)50-21-13-46(14-22-50)47-15-27-53(28-16-47)64(51-23-7-43(2)8-24-51)54-29-17-48(18-30-54)49-19-31-55(32-20-49)65(52-25-9-44(3)10-26-52)56-33-37-58(38-34-56)70-71(66,67)59(60,61)62/h7-38H,6,39-42H2,1-5H3. The maximum atomic E-state index is 13.0. The van der Waals surface area contributed by atoms with Gasteiger partial charge < -0.3 is 9.08 Å². The molecule has 8 rings (SSSR count). The third-order valence-electron chi connectivity index (χ3n) is 12.5. The Balaban J connectivity index is 0.973. The van der Waals surface area contributed by atoms with E-state index in [0.29, 0.717) is 25.5 Å². The van der Waals surface area contributed by atoms with Gasteiger partial charge >= 0.3 is 258 Å². The molecule has 0 bridgehead atoms. The van der Waals surface area contributed by atoms with E-state index >= 15 is 0 Å². The van der Waals surface area contributed by atoms with E-state index in [0.717, 1.165) is 62.9 Å². The first-order valence-electron chi connectivity index (χ1n) is 23.6. The molecule has 0 heterocycles. The van der Waals surface area contributed by atoms with Crippen molar-refractivity contribution >= 4 is 61.9 Å². The Bertz CT molecular complexity index is 3100. The molecule has 0 saturated heterocycles. The predicted octanol–water partition coefficient (Wildman–Crippen LogP) is 15.4. The predicted molar refractivity (Wildman–Crippen MR) is 286 cm³/mol. The summed E-state index contributed by atoms with van der Waals surface area (Å²) < 4.78 is 79.3. The van der Waals surface area contributed by atoms with E-state index in [4.69, 9.17) is 9.47 Å². The fourth-order valence-corrected chi connectivity index (χ4v) is 13.6. The van der Waals surface area contributed by atoms with Gasteiger partial charge in [-0.3, -0.25) is 0 Å². The molecule has 0 radical (unpaired) electrons. The van der Waals surface area contributed by atoms with Crippen LogP contribution in [0.15, 0.2) is 194 Å². The van der Waals surface area contributed by atoms with Crippen molar-refractivity contribution in [3.63, 3.8) is 0 Å². The Morgan fingerprint density at radius 3 is 1.21 bits per heavy atom. The van der Waals surface area contributed by atoms with Crippen LogP contribution in [0.1, 0.15) is 23.6 Å². The molecule has 364 valence electrons. The molecule has 0 atom stereocenters. The molecular formula is C59H57F3GeN2O5S. The SMILES string of the molecule is CCOCCOc1ccc(C[CH2][Ge]([CH3])([CH3])[c]2ccc(-c3ccc(N(c4ccc(C)cc4)c4ccc(-c5ccc(N(c6ccc(C)cc6)c6ccc(OS(=O)(=O)C(F)(F)F)cc6)cc5)cc4)cc3)cc2)cc1. The minimum absolute atomic E-state index is 0.444. The minimum atomic E-state index is -5.81. The van der Waals surface area contributed by atoms with Gasteiger partial charge in [-0.1, -0.05) is 35.4 Å². The van der Waals surface area contributed by atoms with Crippen molar-refractivity contribution in [2.75, 3.05) is 29.6 Å². The Morgan fingerprint density at radius 1 is 0.479 bits per heavy atom. The molecular weight excluding hydrogens is 978 g/mol. The summed E-state index contributed by atoms with van der Waals surface area (Å²) >= 11 is -2.30. The Labute approximate surface area is 418 Å². The van der Waals surface area contributed by atoms with Crippen LogP contribution in [0.25, 0.3) is 22.3 Å². The van der Waals surface area contributed by atoms with Crippen LogP contribution in [0.3, 0.4) is 0 Å². The number of halogens is 3. The molecule has 0 saturated carbocycles. The van der Waals surface area contributed by atoms with Gasteiger partial charge in [-0.2, -0.15) is 21.6 Å². The van der Waals surface area contributed by atoms with Crippen LogP contribution in [-0.4, -0.2) is 47.0 Å². The van der Waals surface area contributed by atoms with Crippen molar-refractivity contribution in [1.29, 1.82) is 0 Å². The second kappa shape index (κ2) is 22.1. The van der Waals surface area contributed by atoms with Gasteiger partial charge in [-0.25, -0.2) is 0 Å². The average molecular weight is 1040 g/mol. The van der Waals surface area contributed by atoms with E-state index in [1.54, 1.807) is 0 Å². The van der Waals surface area contributed by atoms with Crippen molar-refractivity contribution in [2.24, 2.45) is 0 Å². The molecule has 0 N–H and O–H groups in total. The number of nitrogens with zero attached hydrogens (tertiary/aromatic N) is 2. The first-order valence-corrected chi connectivity index (χ1v) is 31.8. The number of hydrogen-bond donors (Lipinski definition) is 0. The summed E-state index contributed by atoms with van der Waals surface area (Å²) in [6.45, 7) is 7.89. The molecule has 0 unspecified atom stereocenters. The first kappa shape index (κ1) is 50.6. The molecule has 71 heavy (non-hydrogen) atoms. The molecule has 0 fully saturated rings. The third kappa shape index (κ3) is 12.6. The molecule has 0 aromatic heterocycles. The van der Waals surface area contributed by atoms with Crippen LogP contribution in [-0.2, 0) is 21.3 Å². The summed E-state index contributed by atoms with van der Waals surface area (Å²) in [7, 11) is -5.81. The zero-order valence-electron chi connectivity index (χ0n) is 40.5. The van der Waals surface area contributed by atoms with Gasteiger partial charge in [0, 0.05) is 17.1 Å². The van der Waals surface area contributed by atoms with Crippen LogP contribution in [0.4, 0.5) is 47.3 Å². The van der Waals surface area contributed by atoms with Crippen LogP contribution < -0.4 is 23.1 Å². The number of ether oxygens (including phenoxy) is 2. The average Bonchev–Trinajstić information content (AvgIpc) is 3.37. The van der Waals surface area contributed by atoms with E-state index in [9.17, 15) is 21.6 Å². The van der Waals surface area contributed by atoms with E-state index in [1.807, 2.05) is 67.3 Å². The molecule has 0 aliphatic rings. The van der Waals surface area contributed by atoms with Gasteiger partial charge in [0.25, 0.3) is 0 Å². The zero-order chi connectivity index (χ0) is 50.2. The van der Waals surface area contributed by atoms with Crippen LogP contribution in [0.2, 0.25) is 16.8 Å². The topological polar surface area (TPSA) is 68.3 Å². The van der Waals surface area contributed by atoms with Crippen molar-refractivity contribution < 1.29 is 35.2 Å². The molecule has 8 aromatic carbocycles. The van der Waals surface area contributed by atoms with Crippen molar-refractivity contribution in [1.82, 2.24) is 0 Å². The Morgan fingerprint density at radius 2 is 0.831 bits per heavy atom. The Hall–Kier alpha value is -6.80. The second-order valence-corrected chi connectivity index (χ2v) is 29.8. The summed E-state index contributed by atoms with van der Waals surface area (Å²) in [6, 6.07) is 64.7. The van der Waals surface area contributed by atoms with Gasteiger partial charge in [0.15, 0.2) is 0 Å². The summed E-state index contributed by atoms with van der Waals surface area (Å²) in [6.07, 6.45) is 1.05. The molecule has 0 spiro atoms. The fourth-order valence-electron chi connectivity index (χ4n) is 8.35. The quantitative estimate of drug-likeness (QED) is 0.0346. The van der Waals surface area contributed by atoms with E-state index < -0.39 is 34.6 Å². The monoisotopic (exact) mass is 1040 g/mol. The van der Waals surface area contributed by atoms with Gasteiger partial charge in [0.1, 0.15) is 5.75 Å². The van der Waals surface area contributed by atoms with Gasteiger partial charge in [0.05, 0.1) is 0 Å². The van der Waals surface area contributed by atoms with Gasteiger partial charge in [-0.15, -0.1) is 0 Å². The van der Waals surface area contributed by atoms with E-state index in [2.05, 4.69) is 149 Å². The molecule has 0 aliphatic carbocycles. The normalized spacial score (nSPS) is 11.8. The van der Waals surface area contributed by atoms with Crippen molar-refractivity contribution in [3.8, 4) is 33.8 Å². The molecule has 12 heteroatoms. The number of alkyl halides is 3. The van der Waals surface area contributed by atoms with E-state index in [-0.39, 0.29) is 0 Å². The molecule has 7 nitrogen and oxygen atoms in total. The van der Waals surface area contributed by atoms with Gasteiger partial charge in [-0.05, 0) is 73.5 Å². The maximum absolute atomic E-state index is 13.0. The van der Waals surface area contributed by atoms with E-state index in [1.165, 1.54) is 50.6 Å². The molecule has 0 aliphatic heterocycles. The summed E-state index contributed by atoms with van der Waals surface area (Å²) in [5.41, 5.74) is 7.62. The number of anilines is 6. The van der Waals surface area contributed by atoms with Gasteiger partial charge in [0.2, 0.25) is 0 Å². The molecule has 8 aromatic rings. The number of aryl methyl sites for hydroxylation is 3. The summed E-state index contributed by atoms with van der Waals surface area (Å²) in [5.74, 6) is 5.43. The number of benzene rings is 8. The van der Waals surface area contributed by atoms with Crippen molar-refractivity contribution in [3.05, 3.63) is 211 Å². The number of rotatable bonds is 19. The second-order valence-electron chi connectivity index (χ2n) is 18.1. The fraction of sp³-hybridized carbons (Fsp3) is 0.186. The van der Waals surface area contributed by atoms with Crippen LogP contribution in [0, 0.1) is 13.8 Å².